The molecule has 8 heteroatoms. The fourth-order valence-electron chi connectivity index (χ4n) is 3.97. The predicted octanol–water partition coefficient (Wildman–Crippen LogP) is 2.42. The van der Waals surface area contributed by atoms with Crippen LogP contribution in [0.3, 0.4) is 0 Å². The molecule has 1 aromatic rings. The minimum atomic E-state index is -3.55. The highest BCUT2D eigenvalue weighted by Crippen LogP contribution is 2.26. The third-order valence-corrected chi connectivity index (χ3v) is 7.49. The molecule has 2 aliphatic rings. The van der Waals surface area contributed by atoms with Crippen molar-refractivity contribution in [2.75, 3.05) is 33.2 Å². The summed E-state index contributed by atoms with van der Waals surface area (Å²) in [4.78, 5) is 15.1. The van der Waals surface area contributed by atoms with Crippen molar-refractivity contribution in [1.29, 1.82) is 0 Å². The molecule has 27 heavy (non-hydrogen) atoms. The smallest absolute Gasteiger partial charge is 0.254 e. The van der Waals surface area contributed by atoms with E-state index in [1.54, 1.807) is 29.4 Å². The number of halogens is 1. The SMILES string of the molecule is CNCC1CCCN1C(=O)c1ccc(C)c(S(=O)(=O)N2CCCCC2)c1.Cl. The lowest BCUT2D eigenvalue weighted by atomic mass is 10.1. The van der Waals surface area contributed by atoms with E-state index in [2.05, 4.69) is 5.32 Å². The molecule has 6 nitrogen and oxygen atoms in total. The summed E-state index contributed by atoms with van der Waals surface area (Å²) in [5.74, 6) is -0.0714. The third kappa shape index (κ3) is 4.65. The Morgan fingerprint density at radius 2 is 1.85 bits per heavy atom. The molecular weight excluding hydrogens is 386 g/mol. The first-order valence-corrected chi connectivity index (χ1v) is 11.0. The van der Waals surface area contributed by atoms with Gasteiger partial charge < -0.3 is 10.2 Å². The molecule has 3 rings (SSSR count). The van der Waals surface area contributed by atoms with Gasteiger partial charge in [0.05, 0.1) is 4.90 Å². The van der Waals surface area contributed by atoms with Crippen LogP contribution in [0.2, 0.25) is 0 Å². The van der Waals surface area contributed by atoms with Gasteiger partial charge in [-0.1, -0.05) is 12.5 Å². The molecule has 0 aliphatic carbocycles. The van der Waals surface area contributed by atoms with Crippen molar-refractivity contribution >= 4 is 28.3 Å². The summed E-state index contributed by atoms with van der Waals surface area (Å²) >= 11 is 0. The molecule has 2 heterocycles. The summed E-state index contributed by atoms with van der Waals surface area (Å²) < 4.78 is 27.7. The second kappa shape index (κ2) is 9.37. The molecule has 0 saturated carbocycles. The summed E-state index contributed by atoms with van der Waals surface area (Å²) in [5, 5.41) is 3.14. The number of hydrogen-bond acceptors (Lipinski definition) is 4. The molecule has 0 radical (unpaired) electrons. The van der Waals surface area contributed by atoms with E-state index in [1.165, 1.54) is 0 Å². The minimum absolute atomic E-state index is 0. The maximum absolute atomic E-state index is 13.1. The zero-order valence-corrected chi connectivity index (χ0v) is 17.7. The fraction of sp³-hybridized carbons (Fsp3) is 0.632. The Balaban J connectivity index is 0.00000261. The molecule has 2 aliphatic heterocycles. The van der Waals surface area contributed by atoms with Crippen LogP contribution in [0, 0.1) is 6.92 Å². The number of carbonyl (C=O) groups is 1. The maximum Gasteiger partial charge on any atom is 0.254 e. The molecule has 0 spiro atoms. The van der Waals surface area contributed by atoms with Crippen LogP contribution in [-0.2, 0) is 10.0 Å². The van der Waals surface area contributed by atoms with Crippen LogP contribution in [-0.4, -0.2) is 62.8 Å². The Labute approximate surface area is 168 Å². The van der Waals surface area contributed by atoms with Crippen molar-refractivity contribution in [2.24, 2.45) is 0 Å². The number of likely N-dealkylation sites (N-methyl/N-ethyl adjacent to an activating group) is 1. The van der Waals surface area contributed by atoms with E-state index in [9.17, 15) is 13.2 Å². The molecule has 0 aromatic heterocycles. The van der Waals surface area contributed by atoms with Crippen LogP contribution in [0.25, 0.3) is 0 Å². The number of hydrogen-bond donors (Lipinski definition) is 1. The average Bonchev–Trinajstić information content (AvgIpc) is 3.11. The number of amides is 1. The summed E-state index contributed by atoms with van der Waals surface area (Å²) in [6, 6.07) is 5.27. The van der Waals surface area contributed by atoms with Gasteiger partial charge >= 0.3 is 0 Å². The lowest BCUT2D eigenvalue weighted by molar-refractivity contribution is 0.0737. The number of sulfonamides is 1. The third-order valence-electron chi connectivity index (χ3n) is 5.45. The Bertz CT molecular complexity index is 763. The van der Waals surface area contributed by atoms with Gasteiger partial charge in [-0.05, 0) is 57.4 Å². The first-order valence-electron chi connectivity index (χ1n) is 9.51. The standard InChI is InChI=1S/C19H29N3O3S.ClH/c1-15-8-9-16(19(23)22-12-6-7-17(22)14-20-2)13-18(15)26(24,25)21-10-4-3-5-11-21;/h8-9,13,17,20H,3-7,10-12,14H2,1-2H3;1H. The Hall–Kier alpha value is -1.15. The van der Waals surface area contributed by atoms with Crippen molar-refractivity contribution in [3.05, 3.63) is 29.3 Å². The number of nitrogens with one attached hydrogen (secondary N) is 1. The molecule has 1 amide bonds. The monoisotopic (exact) mass is 415 g/mol. The van der Waals surface area contributed by atoms with Crippen molar-refractivity contribution in [2.45, 2.75) is 50.0 Å². The van der Waals surface area contributed by atoms with E-state index in [4.69, 9.17) is 0 Å². The first kappa shape index (κ1) is 22.1. The van der Waals surface area contributed by atoms with Crippen LogP contribution in [0.5, 0.6) is 0 Å². The quantitative estimate of drug-likeness (QED) is 0.801. The van der Waals surface area contributed by atoms with E-state index < -0.39 is 10.0 Å². The van der Waals surface area contributed by atoms with E-state index in [0.717, 1.165) is 45.2 Å². The van der Waals surface area contributed by atoms with Crippen molar-refractivity contribution in [3.8, 4) is 0 Å². The number of rotatable bonds is 5. The largest absolute Gasteiger partial charge is 0.334 e. The van der Waals surface area contributed by atoms with Gasteiger partial charge in [-0.25, -0.2) is 8.42 Å². The summed E-state index contributed by atoms with van der Waals surface area (Å²) in [5.41, 5.74) is 1.16. The highest BCUT2D eigenvalue weighted by atomic mass is 35.5. The van der Waals surface area contributed by atoms with Crippen molar-refractivity contribution in [3.63, 3.8) is 0 Å². The minimum Gasteiger partial charge on any atom is -0.334 e. The van der Waals surface area contributed by atoms with Gasteiger partial charge in [0, 0.05) is 37.8 Å². The topological polar surface area (TPSA) is 69.7 Å². The molecule has 1 aromatic carbocycles. The van der Waals surface area contributed by atoms with Gasteiger partial charge in [0.2, 0.25) is 10.0 Å². The number of benzene rings is 1. The zero-order valence-electron chi connectivity index (χ0n) is 16.1. The molecule has 1 unspecified atom stereocenters. The molecule has 2 saturated heterocycles. The number of carbonyl (C=O) groups excluding carboxylic acids is 1. The first-order chi connectivity index (χ1) is 12.4. The number of nitrogens with zero attached hydrogens (tertiary/aromatic N) is 2. The van der Waals surface area contributed by atoms with E-state index in [1.807, 2.05) is 11.9 Å². The van der Waals surface area contributed by atoms with Gasteiger partial charge in [0.25, 0.3) is 5.91 Å². The van der Waals surface area contributed by atoms with Gasteiger partial charge in [0.15, 0.2) is 0 Å². The van der Waals surface area contributed by atoms with E-state index in [-0.39, 0.29) is 29.3 Å². The highest BCUT2D eigenvalue weighted by Gasteiger charge is 2.31. The van der Waals surface area contributed by atoms with Gasteiger partial charge in [-0.15, -0.1) is 12.4 Å². The van der Waals surface area contributed by atoms with Crippen molar-refractivity contribution in [1.82, 2.24) is 14.5 Å². The van der Waals surface area contributed by atoms with Crippen LogP contribution in [0.4, 0.5) is 0 Å². The fourth-order valence-corrected chi connectivity index (χ4v) is 5.74. The highest BCUT2D eigenvalue weighted by molar-refractivity contribution is 7.89. The lowest BCUT2D eigenvalue weighted by Crippen LogP contribution is -2.41. The average molecular weight is 416 g/mol. The van der Waals surface area contributed by atoms with E-state index in [0.29, 0.717) is 24.2 Å². The summed E-state index contributed by atoms with van der Waals surface area (Å²) in [6.07, 6.45) is 4.85. The van der Waals surface area contributed by atoms with Crippen molar-refractivity contribution < 1.29 is 13.2 Å². The van der Waals surface area contributed by atoms with Crippen LogP contribution in [0.15, 0.2) is 23.1 Å². The summed E-state index contributed by atoms with van der Waals surface area (Å²) in [6.45, 7) is 4.42. The van der Waals surface area contributed by atoms with Gasteiger partial charge in [-0.2, -0.15) is 4.31 Å². The Kier molecular flexibility index (Phi) is 7.68. The molecule has 1 atom stereocenters. The second-order valence-corrected chi connectivity index (χ2v) is 9.20. The predicted molar refractivity (Wildman–Crippen MR) is 109 cm³/mol. The Morgan fingerprint density at radius 1 is 1.15 bits per heavy atom. The Morgan fingerprint density at radius 3 is 2.52 bits per heavy atom. The number of piperidine rings is 1. The van der Waals surface area contributed by atoms with Crippen LogP contribution < -0.4 is 5.32 Å². The normalized spacial score (nSPS) is 21.1. The summed E-state index contributed by atoms with van der Waals surface area (Å²) in [7, 11) is -1.66. The molecule has 1 N–H and O–H groups in total. The van der Waals surface area contributed by atoms with Crippen LogP contribution in [0.1, 0.15) is 48.0 Å². The number of aryl methyl sites for hydroxylation is 1. The van der Waals surface area contributed by atoms with E-state index >= 15 is 0 Å². The molecule has 0 bridgehead atoms. The molecular formula is C19H30ClN3O3S. The second-order valence-electron chi connectivity index (χ2n) is 7.30. The zero-order chi connectivity index (χ0) is 18.7. The maximum atomic E-state index is 13.1. The van der Waals surface area contributed by atoms with Gasteiger partial charge in [0.1, 0.15) is 0 Å². The molecule has 2 fully saturated rings. The molecule has 152 valence electrons. The van der Waals surface area contributed by atoms with Gasteiger partial charge in [-0.3, -0.25) is 4.79 Å². The number of likely N-dealkylation sites (tertiary alicyclic amines) is 1. The van der Waals surface area contributed by atoms with Crippen LogP contribution >= 0.6 is 12.4 Å². The lowest BCUT2D eigenvalue weighted by Gasteiger charge is -2.27.